The van der Waals surface area contributed by atoms with Crippen molar-refractivity contribution >= 4 is 29.5 Å². The molecule has 0 spiro atoms. The van der Waals surface area contributed by atoms with E-state index in [-0.39, 0.29) is 11.9 Å². The predicted octanol–water partition coefficient (Wildman–Crippen LogP) is 0.806. The molecule has 1 aliphatic rings. The molecule has 1 atom stereocenters. The lowest BCUT2D eigenvalue weighted by molar-refractivity contribution is 0.192. The second-order valence-electron chi connectivity index (χ2n) is 4.19. The van der Waals surface area contributed by atoms with Crippen LogP contribution in [0.25, 0.3) is 0 Å². The van der Waals surface area contributed by atoms with Gasteiger partial charge < -0.3 is 21.1 Å². The standard InChI is InChI=1S/C10H14ClN5O2/c11-7-3-8(15-9(12)14-7)16-2-1-6(5-16)4-13-10(17)18/h3,6,13H,1-2,4-5H2,(H,17,18)(H2,12,14,15). The summed E-state index contributed by atoms with van der Waals surface area (Å²) >= 11 is 5.82. The molecular weight excluding hydrogens is 258 g/mol. The summed E-state index contributed by atoms with van der Waals surface area (Å²) in [6.45, 7) is 1.98. The van der Waals surface area contributed by atoms with E-state index < -0.39 is 6.09 Å². The van der Waals surface area contributed by atoms with Gasteiger partial charge in [-0.1, -0.05) is 11.6 Å². The lowest BCUT2D eigenvalue weighted by Crippen LogP contribution is -2.30. The summed E-state index contributed by atoms with van der Waals surface area (Å²) in [7, 11) is 0. The van der Waals surface area contributed by atoms with Gasteiger partial charge in [-0.25, -0.2) is 9.78 Å². The van der Waals surface area contributed by atoms with Gasteiger partial charge in [-0.3, -0.25) is 0 Å². The van der Waals surface area contributed by atoms with Gasteiger partial charge >= 0.3 is 6.09 Å². The molecule has 4 N–H and O–H groups in total. The maximum atomic E-state index is 10.4. The molecule has 0 aliphatic carbocycles. The molecule has 0 saturated carbocycles. The summed E-state index contributed by atoms with van der Waals surface area (Å²) in [5, 5.41) is 11.2. The molecule has 0 aromatic carbocycles. The smallest absolute Gasteiger partial charge is 0.404 e. The van der Waals surface area contributed by atoms with E-state index in [0.29, 0.717) is 17.5 Å². The number of nitrogens with two attached hydrogens (primary N) is 1. The molecule has 1 aromatic heterocycles. The highest BCUT2D eigenvalue weighted by Crippen LogP contribution is 2.24. The fourth-order valence-electron chi connectivity index (χ4n) is 2.02. The van der Waals surface area contributed by atoms with Gasteiger partial charge in [0.1, 0.15) is 11.0 Å². The third-order valence-corrected chi connectivity index (χ3v) is 3.04. The summed E-state index contributed by atoms with van der Waals surface area (Å²) < 4.78 is 0. The zero-order valence-corrected chi connectivity index (χ0v) is 10.4. The molecule has 18 heavy (non-hydrogen) atoms. The molecule has 2 heterocycles. The fourth-order valence-corrected chi connectivity index (χ4v) is 2.21. The van der Waals surface area contributed by atoms with Crippen LogP contribution in [0.5, 0.6) is 0 Å². The number of amides is 1. The number of nitrogens with zero attached hydrogens (tertiary/aromatic N) is 3. The Labute approximate surface area is 109 Å². The van der Waals surface area contributed by atoms with Crippen molar-refractivity contribution in [2.24, 2.45) is 5.92 Å². The number of nitrogen functional groups attached to an aromatic ring is 1. The largest absolute Gasteiger partial charge is 0.465 e. The van der Waals surface area contributed by atoms with Crippen LogP contribution >= 0.6 is 11.6 Å². The first-order chi connectivity index (χ1) is 8.54. The Hall–Kier alpha value is -1.76. The Balaban J connectivity index is 1.97. The lowest BCUT2D eigenvalue weighted by Gasteiger charge is -2.17. The van der Waals surface area contributed by atoms with E-state index in [9.17, 15) is 4.79 Å². The number of nitrogens with one attached hydrogen (secondary N) is 1. The summed E-state index contributed by atoms with van der Waals surface area (Å²) in [6, 6.07) is 1.66. The van der Waals surface area contributed by atoms with Crippen LogP contribution in [0, 0.1) is 5.92 Å². The minimum absolute atomic E-state index is 0.143. The third kappa shape index (κ3) is 3.13. The van der Waals surface area contributed by atoms with Crippen LogP contribution in [0.1, 0.15) is 6.42 Å². The van der Waals surface area contributed by atoms with Crippen LogP contribution in [0.2, 0.25) is 5.15 Å². The normalized spacial score (nSPS) is 18.9. The quantitative estimate of drug-likeness (QED) is 0.703. The second-order valence-corrected chi connectivity index (χ2v) is 4.58. The number of aromatic nitrogens is 2. The van der Waals surface area contributed by atoms with Gasteiger partial charge in [0.25, 0.3) is 0 Å². The van der Waals surface area contributed by atoms with E-state index in [0.717, 1.165) is 19.5 Å². The molecule has 1 unspecified atom stereocenters. The van der Waals surface area contributed by atoms with Crippen molar-refractivity contribution < 1.29 is 9.90 Å². The molecule has 0 bridgehead atoms. The number of hydrogen-bond donors (Lipinski definition) is 3. The molecular formula is C10H14ClN5O2. The highest BCUT2D eigenvalue weighted by Gasteiger charge is 2.24. The molecule has 2 rings (SSSR count). The number of halogens is 1. The molecule has 98 valence electrons. The zero-order valence-electron chi connectivity index (χ0n) is 9.64. The molecule has 1 fully saturated rings. The van der Waals surface area contributed by atoms with Crippen molar-refractivity contribution in [3.63, 3.8) is 0 Å². The zero-order chi connectivity index (χ0) is 13.1. The van der Waals surface area contributed by atoms with E-state index in [4.69, 9.17) is 22.4 Å². The molecule has 0 radical (unpaired) electrons. The van der Waals surface area contributed by atoms with Gasteiger partial charge in [-0.15, -0.1) is 0 Å². The van der Waals surface area contributed by atoms with Gasteiger partial charge in [0.2, 0.25) is 5.95 Å². The van der Waals surface area contributed by atoms with Gasteiger partial charge in [0.15, 0.2) is 0 Å². The first kappa shape index (κ1) is 12.7. The fraction of sp³-hybridized carbons (Fsp3) is 0.500. The minimum atomic E-state index is -0.997. The van der Waals surface area contributed by atoms with Crippen molar-refractivity contribution in [2.75, 3.05) is 30.3 Å². The lowest BCUT2D eigenvalue weighted by atomic mass is 10.1. The SMILES string of the molecule is Nc1nc(Cl)cc(N2CCC(CNC(=O)O)C2)n1. The van der Waals surface area contributed by atoms with Crippen molar-refractivity contribution in [3.05, 3.63) is 11.2 Å². The van der Waals surface area contributed by atoms with Crippen LogP contribution in [0.4, 0.5) is 16.6 Å². The molecule has 1 aliphatic heterocycles. The van der Waals surface area contributed by atoms with Crippen LogP contribution in [0.15, 0.2) is 6.07 Å². The van der Waals surface area contributed by atoms with E-state index in [1.54, 1.807) is 6.07 Å². The maximum Gasteiger partial charge on any atom is 0.404 e. The summed E-state index contributed by atoms with van der Waals surface area (Å²) in [5.41, 5.74) is 5.54. The number of carbonyl (C=O) groups is 1. The Morgan fingerprint density at radius 3 is 3.11 bits per heavy atom. The summed E-state index contributed by atoms with van der Waals surface area (Å²) in [4.78, 5) is 20.4. The topological polar surface area (TPSA) is 104 Å². The van der Waals surface area contributed by atoms with Gasteiger partial charge in [0, 0.05) is 25.7 Å². The highest BCUT2D eigenvalue weighted by molar-refractivity contribution is 6.29. The minimum Gasteiger partial charge on any atom is -0.465 e. The van der Waals surface area contributed by atoms with Crippen molar-refractivity contribution in [2.45, 2.75) is 6.42 Å². The van der Waals surface area contributed by atoms with Gasteiger partial charge in [-0.2, -0.15) is 4.98 Å². The van der Waals surface area contributed by atoms with Crippen molar-refractivity contribution in [1.29, 1.82) is 0 Å². The third-order valence-electron chi connectivity index (χ3n) is 2.85. The number of rotatable bonds is 3. The first-order valence-corrected chi connectivity index (χ1v) is 5.94. The van der Waals surface area contributed by atoms with Crippen LogP contribution in [-0.2, 0) is 0 Å². The number of anilines is 2. The Morgan fingerprint density at radius 2 is 2.44 bits per heavy atom. The summed E-state index contributed by atoms with van der Waals surface area (Å²) in [5.74, 6) is 1.10. The summed E-state index contributed by atoms with van der Waals surface area (Å²) in [6.07, 6.45) is -0.0929. The average Bonchev–Trinajstić information content (AvgIpc) is 2.73. The molecule has 1 amide bonds. The molecule has 7 nitrogen and oxygen atoms in total. The monoisotopic (exact) mass is 271 g/mol. The number of hydrogen-bond acceptors (Lipinski definition) is 5. The average molecular weight is 272 g/mol. The molecule has 1 aromatic rings. The Kier molecular flexibility index (Phi) is 3.71. The maximum absolute atomic E-state index is 10.4. The van der Waals surface area contributed by atoms with Crippen LogP contribution in [-0.4, -0.2) is 40.8 Å². The van der Waals surface area contributed by atoms with E-state index >= 15 is 0 Å². The van der Waals surface area contributed by atoms with Crippen molar-refractivity contribution in [3.8, 4) is 0 Å². The Bertz CT molecular complexity index is 436. The van der Waals surface area contributed by atoms with E-state index in [1.165, 1.54) is 0 Å². The predicted molar refractivity (Wildman–Crippen MR) is 67.8 cm³/mol. The van der Waals surface area contributed by atoms with E-state index in [1.807, 2.05) is 4.90 Å². The van der Waals surface area contributed by atoms with Crippen LogP contribution < -0.4 is 16.0 Å². The molecule has 8 heteroatoms. The first-order valence-electron chi connectivity index (χ1n) is 5.56. The van der Waals surface area contributed by atoms with Gasteiger partial charge in [-0.05, 0) is 12.3 Å². The highest BCUT2D eigenvalue weighted by atomic mass is 35.5. The van der Waals surface area contributed by atoms with Crippen LogP contribution in [0.3, 0.4) is 0 Å². The van der Waals surface area contributed by atoms with E-state index in [2.05, 4.69) is 15.3 Å². The number of carboxylic acid groups (broad SMARTS) is 1. The molecule has 1 saturated heterocycles. The second kappa shape index (κ2) is 5.26. The Morgan fingerprint density at radius 1 is 1.67 bits per heavy atom. The van der Waals surface area contributed by atoms with Crippen molar-refractivity contribution in [1.82, 2.24) is 15.3 Å². The van der Waals surface area contributed by atoms with Gasteiger partial charge in [0.05, 0.1) is 0 Å².